The van der Waals surface area contributed by atoms with Crippen molar-refractivity contribution in [2.75, 3.05) is 5.32 Å². The fourth-order valence-corrected chi connectivity index (χ4v) is 2.15. The molecule has 0 bridgehead atoms. The second-order valence-corrected chi connectivity index (χ2v) is 4.91. The fourth-order valence-electron chi connectivity index (χ4n) is 2.15. The summed E-state index contributed by atoms with van der Waals surface area (Å²) in [6.07, 6.45) is 5.62. The van der Waals surface area contributed by atoms with E-state index in [0.29, 0.717) is 6.04 Å². The van der Waals surface area contributed by atoms with Gasteiger partial charge in [-0.2, -0.15) is 5.10 Å². The molecule has 4 rings (SSSR count). The summed E-state index contributed by atoms with van der Waals surface area (Å²) in [6, 6.07) is 6.69. The SMILES string of the molecule is Fc1ccc(-n2ncc3c(NC4CC4)ncnc32)cc1. The number of hydrogen-bond acceptors (Lipinski definition) is 4. The van der Waals surface area contributed by atoms with Gasteiger partial charge in [-0.1, -0.05) is 0 Å². The van der Waals surface area contributed by atoms with E-state index in [9.17, 15) is 4.39 Å². The largest absolute Gasteiger partial charge is 0.367 e. The van der Waals surface area contributed by atoms with Crippen molar-refractivity contribution >= 4 is 16.9 Å². The first-order chi connectivity index (χ1) is 9.81. The highest BCUT2D eigenvalue weighted by Crippen LogP contribution is 2.28. The van der Waals surface area contributed by atoms with E-state index in [1.165, 1.54) is 31.3 Å². The molecular weight excluding hydrogens is 257 g/mol. The van der Waals surface area contributed by atoms with Gasteiger partial charge < -0.3 is 5.32 Å². The van der Waals surface area contributed by atoms with Crippen LogP contribution < -0.4 is 5.32 Å². The third kappa shape index (κ3) is 1.89. The van der Waals surface area contributed by atoms with E-state index in [-0.39, 0.29) is 5.82 Å². The Bertz CT molecular complexity index is 761. The first-order valence-corrected chi connectivity index (χ1v) is 6.52. The molecule has 0 spiro atoms. The Morgan fingerprint density at radius 3 is 2.70 bits per heavy atom. The van der Waals surface area contributed by atoms with Gasteiger partial charge in [0.15, 0.2) is 5.65 Å². The monoisotopic (exact) mass is 269 g/mol. The van der Waals surface area contributed by atoms with Crippen molar-refractivity contribution in [1.29, 1.82) is 0 Å². The molecule has 1 fully saturated rings. The number of rotatable bonds is 3. The third-order valence-electron chi connectivity index (χ3n) is 3.36. The molecule has 1 aliphatic rings. The lowest BCUT2D eigenvalue weighted by atomic mass is 10.3. The summed E-state index contributed by atoms with van der Waals surface area (Å²) < 4.78 is 14.7. The van der Waals surface area contributed by atoms with Gasteiger partial charge >= 0.3 is 0 Å². The summed E-state index contributed by atoms with van der Waals surface area (Å²) in [7, 11) is 0. The van der Waals surface area contributed by atoms with Crippen LogP contribution in [0.3, 0.4) is 0 Å². The molecule has 5 nitrogen and oxygen atoms in total. The number of aromatic nitrogens is 4. The number of nitrogens with one attached hydrogen (secondary N) is 1. The Kier molecular flexibility index (Phi) is 2.42. The molecule has 1 N–H and O–H groups in total. The number of benzene rings is 1. The van der Waals surface area contributed by atoms with Crippen molar-refractivity contribution in [2.24, 2.45) is 0 Å². The highest BCUT2D eigenvalue weighted by molar-refractivity contribution is 5.87. The van der Waals surface area contributed by atoms with Crippen molar-refractivity contribution in [3.05, 3.63) is 42.6 Å². The van der Waals surface area contributed by atoms with Crippen molar-refractivity contribution in [1.82, 2.24) is 19.7 Å². The summed E-state index contributed by atoms with van der Waals surface area (Å²) in [5.74, 6) is 0.543. The van der Waals surface area contributed by atoms with Crippen LogP contribution in [0.1, 0.15) is 12.8 Å². The van der Waals surface area contributed by atoms with Crippen LogP contribution in [-0.2, 0) is 0 Å². The fraction of sp³-hybridized carbons (Fsp3) is 0.214. The molecule has 0 unspecified atom stereocenters. The van der Waals surface area contributed by atoms with Gasteiger partial charge in [0.25, 0.3) is 0 Å². The standard InChI is InChI=1S/C14H12FN5/c15-9-1-5-11(6-2-9)20-14-12(7-18-20)13(16-8-17-14)19-10-3-4-10/h1-2,5-8,10H,3-4H2,(H,16,17,19). The van der Waals surface area contributed by atoms with Gasteiger partial charge in [0.05, 0.1) is 17.3 Å². The van der Waals surface area contributed by atoms with Crippen LogP contribution in [-0.4, -0.2) is 25.8 Å². The van der Waals surface area contributed by atoms with Crippen LogP contribution in [0.5, 0.6) is 0 Å². The number of hydrogen-bond donors (Lipinski definition) is 1. The normalized spacial score (nSPS) is 14.7. The Morgan fingerprint density at radius 2 is 1.95 bits per heavy atom. The molecule has 2 aromatic heterocycles. The predicted octanol–water partition coefficient (Wildman–Crippen LogP) is 2.53. The second kappa shape index (κ2) is 4.26. The molecule has 0 atom stereocenters. The van der Waals surface area contributed by atoms with E-state index in [1.54, 1.807) is 23.0 Å². The number of anilines is 1. The van der Waals surface area contributed by atoms with E-state index in [0.717, 1.165) is 22.5 Å². The maximum atomic E-state index is 13.0. The van der Waals surface area contributed by atoms with Crippen LogP contribution in [0, 0.1) is 5.82 Å². The first kappa shape index (κ1) is 11.3. The van der Waals surface area contributed by atoms with Crippen LogP contribution in [0.2, 0.25) is 0 Å². The zero-order valence-corrected chi connectivity index (χ0v) is 10.6. The highest BCUT2D eigenvalue weighted by atomic mass is 19.1. The average Bonchev–Trinajstić information content (AvgIpc) is 3.17. The Labute approximate surface area is 114 Å². The number of nitrogens with zero attached hydrogens (tertiary/aromatic N) is 4. The summed E-state index contributed by atoms with van der Waals surface area (Å²) in [4.78, 5) is 8.56. The lowest BCUT2D eigenvalue weighted by Crippen LogP contribution is -2.04. The number of halogens is 1. The van der Waals surface area contributed by atoms with Crippen molar-refractivity contribution in [3.8, 4) is 5.69 Å². The zero-order chi connectivity index (χ0) is 13.5. The van der Waals surface area contributed by atoms with Gasteiger partial charge in [-0.3, -0.25) is 0 Å². The van der Waals surface area contributed by atoms with Crippen molar-refractivity contribution in [3.63, 3.8) is 0 Å². The molecule has 2 heterocycles. The molecule has 1 aliphatic carbocycles. The van der Waals surface area contributed by atoms with E-state index < -0.39 is 0 Å². The van der Waals surface area contributed by atoms with E-state index in [4.69, 9.17) is 0 Å². The lowest BCUT2D eigenvalue weighted by Gasteiger charge is -2.05. The molecule has 0 aliphatic heterocycles. The van der Waals surface area contributed by atoms with Gasteiger partial charge in [-0.05, 0) is 37.1 Å². The molecule has 100 valence electrons. The molecule has 0 saturated heterocycles. The molecule has 1 saturated carbocycles. The summed E-state index contributed by atoms with van der Waals surface area (Å²) in [6.45, 7) is 0. The Morgan fingerprint density at radius 1 is 1.15 bits per heavy atom. The molecule has 1 aromatic carbocycles. The van der Waals surface area contributed by atoms with Gasteiger partial charge in [-0.25, -0.2) is 19.0 Å². The van der Waals surface area contributed by atoms with Crippen LogP contribution in [0.25, 0.3) is 16.7 Å². The Balaban J connectivity index is 1.82. The van der Waals surface area contributed by atoms with Gasteiger partial charge in [0, 0.05) is 6.04 Å². The van der Waals surface area contributed by atoms with Crippen LogP contribution in [0.4, 0.5) is 10.2 Å². The summed E-state index contributed by atoms with van der Waals surface area (Å²) >= 11 is 0. The van der Waals surface area contributed by atoms with Crippen LogP contribution in [0.15, 0.2) is 36.8 Å². The smallest absolute Gasteiger partial charge is 0.168 e. The maximum Gasteiger partial charge on any atom is 0.168 e. The predicted molar refractivity (Wildman–Crippen MR) is 73.3 cm³/mol. The van der Waals surface area contributed by atoms with Gasteiger partial charge in [-0.15, -0.1) is 0 Å². The van der Waals surface area contributed by atoms with E-state index in [1.807, 2.05) is 0 Å². The molecule has 0 amide bonds. The van der Waals surface area contributed by atoms with Gasteiger partial charge in [0.1, 0.15) is 18.0 Å². The number of fused-ring (bicyclic) bond motifs is 1. The average molecular weight is 269 g/mol. The van der Waals surface area contributed by atoms with Crippen molar-refractivity contribution < 1.29 is 4.39 Å². The highest BCUT2D eigenvalue weighted by Gasteiger charge is 2.23. The zero-order valence-electron chi connectivity index (χ0n) is 10.6. The minimum atomic E-state index is -0.268. The quantitative estimate of drug-likeness (QED) is 0.793. The minimum absolute atomic E-state index is 0.268. The second-order valence-electron chi connectivity index (χ2n) is 4.91. The molecular formula is C14H12FN5. The minimum Gasteiger partial charge on any atom is -0.367 e. The molecule has 6 heteroatoms. The first-order valence-electron chi connectivity index (χ1n) is 6.52. The lowest BCUT2D eigenvalue weighted by molar-refractivity contribution is 0.627. The maximum absolute atomic E-state index is 13.0. The Hall–Kier alpha value is -2.50. The third-order valence-corrected chi connectivity index (χ3v) is 3.36. The van der Waals surface area contributed by atoms with Crippen molar-refractivity contribution in [2.45, 2.75) is 18.9 Å². The molecule has 3 aromatic rings. The van der Waals surface area contributed by atoms with Gasteiger partial charge in [0.2, 0.25) is 0 Å². The summed E-state index contributed by atoms with van der Waals surface area (Å²) in [5, 5.41) is 8.58. The topological polar surface area (TPSA) is 55.6 Å². The van der Waals surface area contributed by atoms with E-state index in [2.05, 4.69) is 20.4 Å². The van der Waals surface area contributed by atoms with Crippen LogP contribution >= 0.6 is 0 Å². The summed E-state index contributed by atoms with van der Waals surface area (Å²) in [5.41, 5.74) is 1.49. The molecule has 0 radical (unpaired) electrons. The van der Waals surface area contributed by atoms with E-state index >= 15 is 0 Å². The molecule has 20 heavy (non-hydrogen) atoms.